The SMILES string of the molecule is C[C@@H]1CCC[C@@H](O)[C@H]1[N+](=O)[O-]. The fourth-order valence-electron chi connectivity index (χ4n) is 1.72. The van der Waals surface area contributed by atoms with Gasteiger partial charge in [-0.3, -0.25) is 10.1 Å². The summed E-state index contributed by atoms with van der Waals surface area (Å²) in [5, 5.41) is 19.7. The van der Waals surface area contributed by atoms with E-state index in [1.807, 2.05) is 6.92 Å². The van der Waals surface area contributed by atoms with Crippen LogP contribution < -0.4 is 0 Å². The standard InChI is InChI=1S/C7H13NO3/c1-5-3-2-4-6(9)7(5)8(10)11/h5-7,9H,2-4H2,1H3/t5-,6-,7+/m1/s1. The average molecular weight is 159 g/mol. The molecule has 1 N–H and O–H groups in total. The van der Waals surface area contributed by atoms with Crippen molar-refractivity contribution >= 4 is 0 Å². The van der Waals surface area contributed by atoms with E-state index < -0.39 is 12.1 Å². The zero-order chi connectivity index (χ0) is 8.43. The molecule has 0 amide bonds. The maximum atomic E-state index is 10.4. The van der Waals surface area contributed by atoms with Gasteiger partial charge in [-0.25, -0.2) is 0 Å². The van der Waals surface area contributed by atoms with Crippen LogP contribution in [0.5, 0.6) is 0 Å². The first-order valence-electron chi connectivity index (χ1n) is 3.94. The summed E-state index contributed by atoms with van der Waals surface area (Å²) in [4.78, 5) is 10.1. The number of hydrogen-bond donors (Lipinski definition) is 1. The Hall–Kier alpha value is -0.640. The minimum Gasteiger partial charge on any atom is -0.386 e. The molecule has 0 heterocycles. The first-order chi connectivity index (χ1) is 5.13. The Morgan fingerprint density at radius 1 is 1.55 bits per heavy atom. The molecule has 0 bridgehead atoms. The lowest BCUT2D eigenvalue weighted by Gasteiger charge is -2.26. The average Bonchev–Trinajstić information content (AvgIpc) is 1.85. The fourth-order valence-corrected chi connectivity index (χ4v) is 1.72. The molecule has 0 aromatic carbocycles. The molecular weight excluding hydrogens is 146 g/mol. The first-order valence-corrected chi connectivity index (χ1v) is 3.94. The lowest BCUT2D eigenvalue weighted by molar-refractivity contribution is -0.546. The highest BCUT2D eigenvalue weighted by Crippen LogP contribution is 2.25. The van der Waals surface area contributed by atoms with Crippen molar-refractivity contribution in [3.63, 3.8) is 0 Å². The predicted molar refractivity (Wildman–Crippen MR) is 39.8 cm³/mol. The van der Waals surface area contributed by atoms with E-state index in [-0.39, 0.29) is 10.8 Å². The Morgan fingerprint density at radius 2 is 2.18 bits per heavy atom. The van der Waals surface area contributed by atoms with Crippen molar-refractivity contribution in [2.45, 2.75) is 38.3 Å². The highest BCUT2D eigenvalue weighted by atomic mass is 16.6. The summed E-state index contributed by atoms with van der Waals surface area (Å²) in [6.45, 7) is 1.83. The van der Waals surface area contributed by atoms with Crippen molar-refractivity contribution in [2.75, 3.05) is 0 Å². The third-order valence-corrected chi connectivity index (χ3v) is 2.38. The van der Waals surface area contributed by atoms with E-state index >= 15 is 0 Å². The summed E-state index contributed by atoms with van der Waals surface area (Å²) >= 11 is 0. The Morgan fingerprint density at radius 3 is 2.55 bits per heavy atom. The Balaban J connectivity index is 2.62. The van der Waals surface area contributed by atoms with Crippen LogP contribution in [-0.2, 0) is 0 Å². The second-order valence-electron chi connectivity index (χ2n) is 3.25. The van der Waals surface area contributed by atoms with Gasteiger partial charge in [-0.1, -0.05) is 13.3 Å². The van der Waals surface area contributed by atoms with Crippen LogP contribution in [0, 0.1) is 16.0 Å². The summed E-state index contributed by atoms with van der Waals surface area (Å²) in [5.74, 6) is 0.0220. The summed E-state index contributed by atoms with van der Waals surface area (Å²) < 4.78 is 0. The van der Waals surface area contributed by atoms with Gasteiger partial charge in [-0.2, -0.15) is 0 Å². The largest absolute Gasteiger partial charge is 0.386 e. The summed E-state index contributed by atoms with van der Waals surface area (Å²) in [6, 6.07) is -0.733. The lowest BCUT2D eigenvalue weighted by Crippen LogP contribution is -2.42. The van der Waals surface area contributed by atoms with Gasteiger partial charge in [0.05, 0.1) is 0 Å². The van der Waals surface area contributed by atoms with Gasteiger partial charge < -0.3 is 5.11 Å². The van der Waals surface area contributed by atoms with Crippen LogP contribution in [0.1, 0.15) is 26.2 Å². The molecule has 0 aliphatic heterocycles. The number of rotatable bonds is 1. The number of aliphatic hydroxyl groups is 1. The van der Waals surface area contributed by atoms with E-state index in [1.165, 1.54) is 0 Å². The van der Waals surface area contributed by atoms with Crippen molar-refractivity contribution in [3.05, 3.63) is 10.1 Å². The molecule has 1 rings (SSSR count). The lowest BCUT2D eigenvalue weighted by atomic mass is 9.84. The molecule has 0 aromatic heterocycles. The van der Waals surface area contributed by atoms with Crippen LogP contribution >= 0.6 is 0 Å². The number of aliphatic hydroxyl groups excluding tert-OH is 1. The Bertz CT molecular complexity index is 150. The Kier molecular flexibility index (Phi) is 2.44. The highest BCUT2D eigenvalue weighted by Gasteiger charge is 2.38. The number of nitro groups is 1. The van der Waals surface area contributed by atoms with E-state index in [2.05, 4.69) is 0 Å². The molecule has 0 unspecified atom stereocenters. The van der Waals surface area contributed by atoms with Gasteiger partial charge in [0.1, 0.15) is 6.10 Å². The molecule has 1 saturated carbocycles. The van der Waals surface area contributed by atoms with Gasteiger partial charge in [0.2, 0.25) is 6.04 Å². The Labute approximate surface area is 65.4 Å². The summed E-state index contributed by atoms with van der Waals surface area (Å²) in [7, 11) is 0. The van der Waals surface area contributed by atoms with Crippen molar-refractivity contribution in [1.82, 2.24) is 0 Å². The van der Waals surface area contributed by atoms with E-state index in [1.54, 1.807) is 0 Å². The monoisotopic (exact) mass is 159 g/mol. The van der Waals surface area contributed by atoms with Crippen molar-refractivity contribution in [1.29, 1.82) is 0 Å². The maximum Gasteiger partial charge on any atom is 0.241 e. The van der Waals surface area contributed by atoms with Crippen LogP contribution in [0.25, 0.3) is 0 Å². The van der Waals surface area contributed by atoms with E-state index in [9.17, 15) is 15.2 Å². The highest BCUT2D eigenvalue weighted by molar-refractivity contribution is 4.79. The third-order valence-electron chi connectivity index (χ3n) is 2.38. The first kappa shape index (κ1) is 8.46. The van der Waals surface area contributed by atoms with E-state index in [0.717, 1.165) is 12.8 Å². The molecule has 4 nitrogen and oxygen atoms in total. The zero-order valence-corrected chi connectivity index (χ0v) is 6.56. The smallest absolute Gasteiger partial charge is 0.241 e. The van der Waals surface area contributed by atoms with Gasteiger partial charge in [0.15, 0.2) is 0 Å². The van der Waals surface area contributed by atoms with Gasteiger partial charge in [-0.15, -0.1) is 0 Å². The molecule has 0 radical (unpaired) electrons. The predicted octanol–water partition coefficient (Wildman–Crippen LogP) is 0.813. The van der Waals surface area contributed by atoms with E-state index in [0.29, 0.717) is 6.42 Å². The summed E-state index contributed by atoms with van der Waals surface area (Å²) in [5.41, 5.74) is 0. The molecular formula is C7H13NO3. The van der Waals surface area contributed by atoms with Crippen LogP contribution in [0.4, 0.5) is 0 Å². The van der Waals surface area contributed by atoms with Gasteiger partial charge in [0.25, 0.3) is 0 Å². The molecule has 1 aliphatic rings. The van der Waals surface area contributed by atoms with Crippen LogP contribution in [0.15, 0.2) is 0 Å². The minimum atomic E-state index is -0.733. The van der Waals surface area contributed by atoms with Crippen molar-refractivity contribution < 1.29 is 10.0 Å². The molecule has 11 heavy (non-hydrogen) atoms. The summed E-state index contributed by atoms with van der Waals surface area (Å²) in [6.07, 6.45) is 1.62. The molecule has 4 heteroatoms. The molecule has 0 spiro atoms. The number of hydrogen-bond acceptors (Lipinski definition) is 3. The fraction of sp³-hybridized carbons (Fsp3) is 1.00. The molecule has 64 valence electrons. The van der Waals surface area contributed by atoms with E-state index in [4.69, 9.17) is 0 Å². The molecule has 1 aliphatic carbocycles. The quantitative estimate of drug-likeness (QED) is 0.455. The van der Waals surface area contributed by atoms with Crippen LogP contribution in [-0.4, -0.2) is 22.2 Å². The molecule has 1 fully saturated rings. The molecule has 3 atom stereocenters. The van der Waals surface area contributed by atoms with Gasteiger partial charge in [-0.05, 0) is 12.8 Å². The zero-order valence-electron chi connectivity index (χ0n) is 6.56. The third kappa shape index (κ3) is 1.68. The maximum absolute atomic E-state index is 10.4. The van der Waals surface area contributed by atoms with Crippen molar-refractivity contribution in [2.24, 2.45) is 5.92 Å². The van der Waals surface area contributed by atoms with Crippen LogP contribution in [0.3, 0.4) is 0 Å². The van der Waals surface area contributed by atoms with Crippen molar-refractivity contribution in [3.8, 4) is 0 Å². The number of nitrogens with zero attached hydrogens (tertiary/aromatic N) is 1. The molecule has 0 aromatic rings. The second kappa shape index (κ2) is 3.17. The van der Waals surface area contributed by atoms with Gasteiger partial charge >= 0.3 is 0 Å². The van der Waals surface area contributed by atoms with Crippen LogP contribution in [0.2, 0.25) is 0 Å². The topological polar surface area (TPSA) is 63.4 Å². The minimum absolute atomic E-state index is 0.0220. The molecule has 0 saturated heterocycles. The normalized spacial score (nSPS) is 38.5. The van der Waals surface area contributed by atoms with Gasteiger partial charge in [0, 0.05) is 10.8 Å². The second-order valence-corrected chi connectivity index (χ2v) is 3.25.